The number of hydrogen-bond acceptors (Lipinski definition) is 3. The highest BCUT2D eigenvalue weighted by Crippen LogP contribution is 2.24. The minimum atomic E-state index is -3.54. The molecule has 98 valence electrons. The van der Waals surface area contributed by atoms with Crippen LogP contribution in [0.15, 0.2) is 29.2 Å². The molecule has 1 aliphatic heterocycles. The van der Waals surface area contributed by atoms with Crippen LogP contribution in [0.25, 0.3) is 0 Å². The van der Waals surface area contributed by atoms with E-state index in [9.17, 15) is 13.2 Å². The second kappa shape index (κ2) is 5.20. The van der Waals surface area contributed by atoms with Gasteiger partial charge in [-0.05, 0) is 31.9 Å². The molecule has 2 rings (SSSR count). The van der Waals surface area contributed by atoms with Crippen molar-refractivity contribution in [1.82, 2.24) is 4.31 Å². The molecule has 1 saturated heterocycles. The molecule has 0 amide bonds. The molecule has 1 aromatic carbocycles. The molecule has 0 spiro atoms. The molecule has 1 fully saturated rings. The molecule has 1 aromatic rings. The van der Waals surface area contributed by atoms with Gasteiger partial charge in [0.05, 0.1) is 10.9 Å². The first kappa shape index (κ1) is 13.2. The Morgan fingerprint density at radius 2 is 1.89 bits per heavy atom. The van der Waals surface area contributed by atoms with Crippen LogP contribution in [0.2, 0.25) is 0 Å². The van der Waals surface area contributed by atoms with Gasteiger partial charge in [-0.2, -0.15) is 4.31 Å². The van der Waals surface area contributed by atoms with Crippen molar-refractivity contribution in [3.05, 3.63) is 29.8 Å². The van der Waals surface area contributed by atoms with Crippen molar-refractivity contribution in [3.63, 3.8) is 0 Å². The van der Waals surface area contributed by atoms with E-state index in [-0.39, 0.29) is 4.90 Å². The van der Waals surface area contributed by atoms with Crippen molar-refractivity contribution in [3.8, 4) is 0 Å². The maximum absolute atomic E-state index is 12.4. The van der Waals surface area contributed by atoms with Crippen LogP contribution in [-0.4, -0.2) is 31.6 Å². The van der Waals surface area contributed by atoms with Crippen molar-refractivity contribution in [2.75, 3.05) is 6.54 Å². The van der Waals surface area contributed by atoms with Crippen molar-refractivity contribution < 1.29 is 13.2 Å². The van der Waals surface area contributed by atoms with Crippen molar-refractivity contribution in [1.29, 1.82) is 0 Å². The van der Waals surface area contributed by atoms with Gasteiger partial charge in [-0.1, -0.05) is 24.1 Å². The Kier molecular flexibility index (Phi) is 3.82. The molecule has 0 unspecified atom stereocenters. The summed E-state index contributed by atoms with van der Waals surface area (Å²) in [5.74, 6) is 0. The Hall–Kier alpha value is -1.20. The number of aldehydes is 1. The predicted molar refractivity (Wildman–Crippen MR) is 68.8 cm³/mol. The van der Waals surface area contributed by atoms with Crippen molar-refractivity contribution in [2.45, 2.75) is 37.1 Å². The average Bonchev–Trinajstić information content (AvgIpc) is 2.39. The zero-order valence-corrected chi connectivity index (χ0v) is 11.2. The topological polar surface area (TPSA) is 54.5 Å². The van der Waals surface area contributed by atoms with E-state index >= 15 is 0 Å². The molecular weight excluding hydrogens is 250 g/mol. The van der Waals surface area contributed by atoms with Gasteiger partial charge in [0.15, 0.2) is 0 Å². The molecule has 5 heteroatoms. The summed E-state index contributed by atoms with van der Waals surface area (Å²) in [4.78, 5) is 11.3. The van der Waals surface area contributed by atoms with E-state index in [1.165, 1.54) is 4.31 Å². The Balaban J connectivity index is 2.34. The Labute approximate surface area is 108 Å². The van der Waals surface area contributed by atoms with Crippen LogP contribution in [0, 0.1) is 6.92 Å². The van der Waals surface area contributed by atoms with E-state index in [1.54, 1.807) is 24.3 Å². The second-order valence-corrected chi connectivity index (χ2v) is 6.52. The van der Waals surface area contributed by atoms with Crippen LogP contribution in [0.5, 0.6) is 0 Å². The van der Waals surface area contributed by atoms with Gasteiger partial charge in [-0.25, -0.2) is 8.42 Å². The monoisotopic (exact) mass is 267 g/mol. The fourth-order valence-electron chi connectivity index (χ4n) is 2.21. The third-order valence-corrected chi connectivity index (χ3v) is 5.22. The minimum Gasteiger partial charge on any atom is -0.302 e. The summed E-state index contributed by atoms with van der Waals surface area (Å²) in [6.07, 6.45) is 3.08. The number of benzene rings is 1. The molecule has 0 saturated carbocycles. The molecule has 0 N–H and O–H groups in total. The van der Waals surface area contributed by atoms with E-state index in [0.29, 0.717) is 13.0 Å². The highest BCUT2D eigenvalue weighted by Gasteiger charge is 2.33. The maximum atomic E-state index is 12.4. The first-order chi connectivity index (χ1) is 8.55. The van der Waals surface area contributed by atoms with Crippen LogP contribution in [0.3, 0.4) is 0 Å². The van der Waals surface area contributed by atoms with Gasteiger partial charge in [-0.3, -0.25) is 0 Å². The lowest BCUT2D eigenvalue weighted by Gasteiger charge is -2.31. The van der Waals surface area contributed by atoms with Gasteiger partial charge in [0.25, 0.3) is 0 Å². The van der Waals surface area contributed by atoms with Gasteiger partial charge in [-0.15, -0.1) is 0 Å². The lowest BCUT2D eigenvalue weighted by Crippen LogP contribution is -2.44. The van der Waals surface area contributed by atoms with Crippen LogP contribution in [0.4, 0.5) is 0 Å². The molecule has 4 nitrogen and oxygen atoms in total. The van der Waals surface area contributed by atoms with Gasteiger partial charge >= 0.3 is 0 Å². The molecule has 1 heterocycles. The largest absolute Gasteiger partial charge is 0.302 e. The molecule has 0 bridgehead atoms. The summed E-state index contributed by atoms with van der Waals surface area (Å²) >= 11 is 0. The Bertz CT molecular complexity index is 522. The van der Waals surface area contributed by atoms with E-state index < -0.39 is 16.1 Å². The van der Waals surface area contributed by atoms with E-state index in [4.69, 9.17) is 0 Å². The third kappa shape index (κ3) is 2.47. The summed E-state index contributed by atoms with van der Waals surface area (Å²) in [6, 6.07) is 6.23. The molecule has 1 atom stereocenters. The van der Waals surface area contributed by atoms with E-state index in [1.807, 2.05) is 6.92 Å². The molecule has 0 aromatic heterocycles. The van der Waals surface area contributed by atoms with Gasteiger partial charge in [0, 0.05) is 6.54 Å². The Morgan fingerprint density at radius 1 is 1.22 bits per heavy atom. The number of sulfonamides is 1. The molecule has 1 aliphatic rings. The lowest BCUT2D eigenvalue weighted by atomic mass is 10.1. The van der Waals surface area contributed by atoms with Crippen molar-refractivity contribution in [2.24, 2.45) is 0 Å². The van der Waals surface area contributed by atoms with E-state index in [0.717, 1.165) is 24.7 Å². The first-order valence-electron chi connectivity index (χ1n) is 6.09. The average molecular weight is 267 g/mol. The summed E-state index contributed by atoms with van der Waals surface area (Å²) in [6.45, 7) is 2.34. The fraction of sp³-hybridized carbons (Fsp3) is 0.462. The van der Waals surface area contributed by atoms with E-state index in [2.05, 4.69) is 0 Å². The number of rotatable bonds is 3. The number of carbonyl (C=O) groups excluding carboxylic acids is 1. The molecule has 0 aliphatic carbocycles. The Morgan fingerprint density at radius 3 is 2.50 bits per heavy atom. The van der Waals surface area contributed by atoms with Crippen LogP contribution in [-0.2, 0) is 14.8 Å². The normalized spacial score (nSPS) is 21.7. The number of carbonyl (C=O) groups is 1. The van der Waals surface area contributed by atoms with Crippen LogP contribution in [0.1, 0.15) is 24.8 Å². The number of piperidine rings is 1. The SMILES string of the molecule is Cc1ccc(S(=O)(=O)N2CCCC[C@H]2C=O)cc1. The van der Waals surface area contributed by atoms with Gasteiger partial charge in [0.1, 0.15) is 6.29 Å². The second-order valence-electron chi connectivity index (χ2n) is 4.63. The summed E-state index contributed by atoms with van der Waals surface area (Å²) in [5.41, 5.74) is 1.01. The maximum Gasteiger partial charge on any atom is 0.243 e. The highest BCUT2D eigenvalue weighted by molar-refractivity contribution is 7.89. The van der Waals surface area contributed by atoms with Gasteiger partial charge in [0.2, 0.25) is 10.0 Å². The number of aryl methyl sites for hydroxylation is 1. The smallest absolute Gasteiger partial charge is 0.243 e. The quantitative estimate of drug-likeness (QED) is 0.784. The molecular formula is C13H17NO3S. The molecule has 18 heavy (non-hydrogen) atoms. The predicted octanol–water partition coefficient (Wildman–Crippen LogP) is 1.74. The molecule has 0 radical (unpaired) electrons. The zero-order chi connectivity index (χ0) is 13.2. The summed E-state index contributed by atoms with van der Waals surface area (Å²) in [7, 11) is -3.54. The third-order valence-electron chi connectivity index (χ3n) is 3.28. The standard InChI is InChI=1S/C13H17NO3S/c1-11-5-7-13(8-6-11)18(16,17)14-9-3-2-4-12(14)10-15/h5-8,10,12H,2-4,9H2,1H3/t12-/m0/s1. The number of hydrogen-bond donors (Lipinski definition) is 0. The zero-order valence-electron chi connectivity index (χ0n) is 10.4. The first-order valence-corrected chi connectivity index (χ1v) is 7.53. The van der Waals surface area contributed by atoms with Gasteiger partial charge < -0.3 is 4.79 Å². The summed E-state index contributed by atoms with van der Waals surface area (Å²) in [5, 5.41) is 0. The van der Waals surface area contributed by atoms with Crippen molar-refractivity contribution >= 4 is 16.3 Å². The van der Waals surface area contributed by atoms with Crippen LogP contribution >= 0.6 is 0 Å². The highest BCUT2D eigenvalue weighted by atomic mass is 32.2. The number of nitrogens with zero attached hydrogens (tertiary/aromatic N) is 1. The lowest BCUT2D eigenvalue weighted by molar-refractivity contribution is -0.111. The fourth-order valence-corrected chi connectivity index (χ4v) is 3.84. The minimum absolute atomic E-state index is 0.266. The summed E-state index contributed by atoms with van der Waals surface area (Å²) < 4.78 is 26.2. The van der Waals surface area contributed by atoms with Crippen LogP contribution < -0.4 is 0 Å².